The number of para-hydroxylation sites is 2. The number of aromatic nitrogens is 2. The Balaban J connectivity index is 1.68. The second-order valence-electron chi connectivity index (χ2n) is 6.30. The fourth-order valence-corrected chi connectivity index (χ4v) is 2.53. The molecule has 3 rings (SSSR count). The topological polar surface area (TPSA) is 120 Å². The van der Waals surface area contributed by atoms with Gasteiger partial charge in [0.2, 0.25) is 5.82 Å². The number of rotatable bonds is 7. The molecular weight excluding hydrogens is 364 g/mol. The first-order chi connectivity index (χ1) is 13.5. The second-order valence-corrected chi connectivity index (χ2v) is 6.30. The monoisotopic (exact) mass is 382 g/mol. The third-order valence-corrected chi connectivity index (χ3v) is 4.02. The molecule has 0 spiro atoms. The maximum atomic E-state index is 12.2. The number of carbonyl (C=O) groups excluding carboxylic acids is 1. The number of carbonyl (C=O) groups is 1. The van der Waals surface area contributed by atoms with Gasteiger partial charge in [0, 0.05) is 11.6 Å². The lowest BCUT2D eigenvalue weighted by molar-refractivity contribution is -0.385. The van der Waals surface area contributed by atoms with E-state index in [0.29, 0.717) is 11.6 Å². The molecule has 0 bridgehead atoms. The summed E-state index contributed by atoms with van der Waals surface area (Å²) in [7, 11) is 0. The summed E-state index contributed by atoms with van der Waals surface area (Å²) in [5, 5.41) is 21.1. The number of nitrogens with one attached hydrogen (secondary N) is 1. The Morgan fingerprint density at radius 3 is 2.57 bits per heavy atom. The number of nitro groups is 1. The van der Waals surface area contributed by atoms with Gasteiger partial charge in [0.1, 0.15) is 0 Å². The Labute approximate surface area is 160 Å². The quantitative estimate of drug-likeness (QED) is 0.487. The van der Waals surface area contributed by atoms with E-state index in [1.807, 2.05) is 24.3 Å². The summed E-state index contributed by atoms with van der Waals surface area (Å²) in [6.45, 7) is 3.76. The van der Waals surface area contributed by atoms with Gasteiger partial charge in [0.15, 0.2) is 18.1 Å². The van der Waals surface area contributed by atoms with Crippen LogP contribution in [0.25, 0.3) is 11.3 Å². The smallest absolute Gasteiger partial charge is 0.310 e. The summed E-state index contributed by atoms with van der Waals surface area (Å²) in [4.78, 5) is 22.6. The number of nitrogens with zero attached hydrogens (tertiary/aromatic N) is 3. The highest BCUT2D eigenvalue weighted by molar-refractivity contribution is 5.94. The normalized spacial score (nSPS) is 10.7. The minimum absolute atomic E-state index is 0.00502. The highest BCUT2D eigenvalue weighted by atomic mass is 16.6. The van der Waals surface area contributed by atoms with E-state index in [-0.39, 0.29) is 17.3 Å². The van der Waals surface area contributed by atoms with Gasteiger partial charge in [-0.1, -0.05) is 50.2 Å². The Kier molecular flexibility index (Phi) is 5.64. The van der Waals surface area contributed by atoms with E-state index in [4.69, 9.17) is 9.37 Å². The molecule has 1 heterocycles. The van der Waals surface area contributed by atoms with Crippen molar-refractivity contribution in [3.05, 3.63) is 64.2 Å². The van der Waals surface area contributed by atoms with Crippen molar-refractivity contribution in [3.8, 4) is 17.0 Å². The van der Waals surface area contributed by atoms with E-state index in [0.717, 1.165) is 5.56 Å². The van der Waals surface area contributed by atoms with Crippen LogP contribution in [0.1, 0.15) is 25.3 Å². The van der Waals surface area contributed by atoms with Crippen LogP contribution in [-0.4, -0.2) is 27.8 Å². The third-order valence-electron chi connectivity index (χ3n) is 4.02. The summed E-state index contributed by atoms with van der Waals surface area (Å²) in [6, 6.07) is 13.5. The van der Waals surface area contributed by atoms with Gasteiger partial charge in [0.25, 0.3) is 5.91 Å². The van der Waals surface area contributed by atoms with Crippen molar-refractivity contribution in [1.29, 1.82) is 0 Å². The zero-order valence-corrected chi connectivity index (χ0v) is 15.3. The molecule has 1 aromatic heterocycles. The molecule has 0 aliphatic rings. The highest BCUT2D eigenvalue weighted by Crippen LogP contribution is 2.27. The zero-order chi connectivity index (χ0) is 20.1. The fraction of sp³-hybridized carbons (Fsp3) is 0.211. The third kappa shape index (κ3) is 4.32. The van der Waals surface area contributed by atoms with E-state index >= 15 is 0 Å². The zero-order valence-electron chi connectivity index (χ0n) is 15.3. The van der Waals surface area contributed by atoms with Gasteiger partial charge >= 0.3 is 5.69 Å². The molecule has 1 amide bonds. The summed E-state index contributed by atoms with van der Waals surface area (Å²) < 4.78 is 10.0. The Morgan fingerprint density at radius 1 is 1.18 bits per heavy atom. The van der Waals surface area contributed by atoms with Crippen LogP contribution >= 0.6 is 0 Å². The van der Waals surface area contributed by atoms with Crippen molar-refractivity contribution in [2.45, 2.75) is 19.8 Å². The first-order valence-electron chi connectivity index (χ1n) is 8.54. The van der Waals surface area contributed by atoms with E-state index in [1.165, 1.54) is 23.8 Å². The standard InChI is InChI=1S/C19H18N4O5/c1-12(2)13-7-9-14(10-8-13)18-19(22-28-21-18)20-17(24)11-27-16-6-4-3-5-15(16)23(25)26/h3-10,12H,11H2,1-2H3,(H,20,22,24). The Bertz CT molecular complexity index is 982. The predicted molar refractivity (Wildman–Crippen MR) is 101 cm³/mol. The fourth-order valence-electron chi connectivity index (χ4n) is 2.53. The summed E-state index contributed by atoms with van der Waals surface area (Å²) in [5.74, 6) is -0.00404. The maximum absolute atomic E-state index is 12.2. The number of ether oxygens (including phenoxy) is 1. The average Bonchev–Trinajstić information content (AvgIpc) is 3.14. The van der Waals surface area contributed by atoms with Gasteiger partial charge in [-0.3, -0.25) is 14.9 Å². The van der Waals surface area contributed by atoms with Gasteiger partial charge < -0.3 is 10.1 Å². The van der Waals surface area contributed by atoms with Crippen LogP contribution in [0.5, 0.6) is 5.75 Å². The van der Waals surface area contributed by atoms with Gasteiger partial charge in [-0.05, 0) is 27.9 Å². The van der Waals surface area contributed by atoms with Gasteiger partial charge in [-0.2, -0.15) is 0 Å². The summed E-state index contributed by atoms with van der Waals surface area (Å²) in [6.07, 6.45) is 0. The van der Waals surface area contributed by atoms with Gasteiger partial charge in [0.05, 0.1) is 4.92 Å². The lowest BCUT2D eigenvalue weighted by Gasteiger charge is -2.07. The summed E-state index contributed by atoms with van der Waals surface area (Å²) in [5.41, 5.74) is 2.07. The van der Waals surface area contributed by atoms with E-state index in [9.17, 15) is 14.9 Å². The SMILES string of the molecule is CC(C)c1ccc(-c2nonc2NC(=O)COc2ccccc2[N+](=O)[O-])cc1. The first-order valence-corrected chi connectivity index (χ1v) is 8.54. The van der Waals surface area contributed by atoms with E-state index in [1.54, 1.807) is 6.07 Å². The van der Waals surface area contributed by atoms with Crippen LogP contribution in [0.15, 0.2) is 53.2 Å². The van der Waals surface area contributed by atoms with Crippen LogP contribution in [-0.2, 0) is 4.79 Å². The van der Waals surface area contributed by atoms with Crippen LogP contribution in [0.4, 0.5) is 11.5 Å². The highest BCUT2D eigenvalue weighted by Gasteiger charge is 2.18. The van der Waals surface area contributed by atoms with Crippen molar-refractivity contribution in [1.82, 2.24) is 10.3 Å². The Morgan fingerprint density at radius 2 is 1.89 bits per heavy atom. The number of hydrogen-bond donors (Lipinski definition) is 1. The molecule has 1 N–H and O–H groups in total. The largest absolute Gasteiger partial charge is 0.477 e. The molecule has 0 radical (unpaired) electrons. The van der Waals surface area contributed by atoms with Crippen LogP contribution in [0, 0.1) is 10.1 Å². The molecule has 28 heavy (non-hydrogen) atoms. The van der Waals surface area contributed by atoms with Crippen LogP contribution in [0.2, 0.25) is 0 Å². The van der Waals surface area contributed by atoms with E-state index in [2.05, 4.69) is 29.5 Å². The lowest BCUT2D eigenvalue weighted by atomic mass is 10.0. The molecule has 0 saturated carbocycles. The first kappa shape index (κ1) is 19.0. The van der Waals surface area contributed by atoms with Crippen molar-refractivity contribution in [2.75, 3.05) is 11.9 Å². The van der Waals surface area contributed by atoms with Crippen LogP contribution in [0.3, 0.4) is 0 Å². The molecule has 9 heteroatoms. The molecule has 0 aliphatic carbocycles. The maximum Gasteiger partial charge on any atom is 0.310 e. The number of benzene rings is 2. The minimum Gasteiger partial charge on any atom is -0.477 e. The van der Waals surface area contributed by atoms with E-state index < -0.39 is 17.4 Å². The second kappa shape index (κ2) is 8.30. The number of anilines is 1. The Hall–Kier alpha value is -3.75. The molecule has 0 aliphatic heterocycles. The molecule has 0 atom stereocenters. The van der Waals surface area contributed by atoms with Crippen molar-refractivity contribution in [3.63, 3.8) is 0 Å². The molecule has 2 aromatic carbocycles. The number of hydrogen-bond acceptors (Lipinski definition) is 7. The van der Waals surface area contributed by atoms with Gasteiger partial charge in [-0.15, -0.1) is 0 Å². The molecule has 0 fully saturated rings. The molecule has 3 aromatic rings. The lowest BCUT2D eigenvalue weighted by Crippen LogP contribution is -2.21. The molecule has 0 unspecified atom stereocenters. The minimum atomic E-state index is -0.576. The van der Waals surface area contributed by atoms with Crippen molar-refractivity contribution >= 4 is 17.4 Å². The van der Waals surface area contributed by atoms with Crippen molar-refractivity contribution < 1.29 is 19.1 Å². The molecule has 0 saturated heterocycles. The molecule has 9 nitrogen and oxygen atoms in total. The number of nitro benzene ring substituents is 1. The number of amides is 1. The van der Waals surface area contributed by atoms with Crippen LogP contribution < -0.4 is 10.1 Å². The predicted octanol–water partition coefficient (Wildman–Crippen LogP) is 3.79. The van der Waals surface area contributed by atoms with Gasteiger partial charge in [-0.25, -0.2) is 4.63 Å². The van der Waals surface area contributed by atoms with Crippen molar-refractivity contribution in [2.24, 2.45) is 0 Å². The average molecular weight is 382 g/mol. The molecular formula is C19H18N4O5. The molecule has 144 valence electrons. The summed E-state index contributed by atoms with van der Waals surface area (Å²) >= 11 is 0.